The topological polar surface area (TPSA) is 84.5 Å². The van der Waals surface area contributed by atoms with E-state index in [0.717, 1.165) is 19.3 Å². The van der Waals surface area contributed by atoms with Crippen molar-refractivity contribution < 1.29 is 19.1 Å². The van der Waals surface area contributed by atoms with Crippen LogP contribution in [0.2, 0.25) is 0 Å². The van der Waals surface area contributed by atoms with Crippen LogP contribution in [0, 0.1) is 5.41 Å². The van der Waals surface area contributed by atoms with Crippen molar-refractivity contribution in [2.75, 3.05) is 19.0 Å². The highest BCUT2D eigenvalue weighted by molar-refractivity contribution is 6.13. The van der Waals surface area contributed by atoms with Gasteiger partial charge >= 0.3 is 5.97 Å². The minimum atomic E-state index is -0.984. The molecule has 2 amide bonds. The highest BCUT2D eigenvalue weighted by atomic mass is 16.5. The summed E-state index contributed by atoms with van der Waals surface area (Å²) in [5.74, 6) is -0.999. The quantitative estimate of drug-likeness (QED) is 0.438. The van der Waals surface area contributed by atoms with Crippen LogP contribution in [-0.2, 0) is 14.3 Å². The van der Waals surface area contributed by atoms with E-state index in [9.17, 15) is 14.4 Å². The van der Waals surface area contributed by atoms with E-state index in [2.05, 4.69) is 21.4 Å². The van der Waals surface area contributed by atoms with Gasteiger partial charge in [0, 0.05) is 12.2 Å². The number of benzene rings is 1. The molecule has 0 heterocycles. The zero-order chi connectivity index (χ0) is 19.3. The molecule has 2 N–H and O–H groups in total. The number of hydrogen-bond donors (Lipinski definition) is 2. The summed E-state index contributed by atoms with van der Waals surface area (Å²) in [6.07, 6.45) is 8.91. The summed E-state index contributed by atoms with van der Waals surface area (Å²) in [6.45, 7) is 0.567. The van der Waals surface area contributed by atoms with Gasteiger partial charge < -0.3 is 15.4 Å². The number of allylic oxidation sites excluding steroid dienone is 1. The Balaban J connectivity index is 1.55. The molecule has 2 aliphatic carbocycles. The largest absolute Gasteiger partial charge is 0.465 e. The Bertz CT molecular complexity index is 765. The minimum Gasteiger partial charge on any atom is -0.465 e. The Morgan fingerprint density at radius 3 is 2.63 bits per heavy atom. The zero-order valence-corrected chi connectivity index (χ0v) is 15.7. The molecule has 0 aromatic heterocycles. The fourth-order valence-corrected chi connectivity index (χ4v) is 3.41. The van der Waals surface area contributed by atoms with Gasteiger partial charge in [0.25, 0.3) is 0 Å². The molecular weight excluding hydrogens is 344 g/mol. The normalized spacial score (nSPS) is 17.4. The highest BCUT2D eigenvalue weighted by Gasteiger charge is 2.56. The highest BCUT2D eigenvalue weighted by Crippen LogP contribution is 2.46. The van der Waals surface area contributed by atoms with Gasteiger partial charge in [-0.15, -0.1) is 0 Å². The molecule has 0 atom stereocenters. The molecule has 2 aliphatic rings. The number of amides is 2. The Morgan fingerprint density at radius 2 is 1.96 bits per heavy atom. The molecule has 1 aromatic carbocycles. The summed E-state index contributed by atoms with van der Waals surface area (Å²) in [5.41, 5.74) is 1.25. The lowest BCUT2D eigenvalue weighted by molar-refractivity contribution is -0.134. The van der Waals surface area contributed by atoms with E-state index >= 15 is 0 Å². The average Bonchev–Trinajstić information content (AvgIpc) is 3.50. The predicted octanol–water partition coefficient (Wildman–Crippen LogP) is 3.20. The van der Waals surface area contributed by atoms with E-state index in [1.807, 2.05) is 0 Å². The molecule has 0 unspecified atom stereocenters. The van der Waals surface area contributed by atoms with E-state index < -0.39 is 11.4 Å². The second-order valence-electron chi connectivity index (χ2n) is 7.22. The van der Waals surface area contributed by atoms with Gasteiger partial charge in [-0.2, -0.15) is 0 Å². The zero-order valence-electron chi connectivity index (χ0n) is 15.7. The number of carbonyl (C=O) groups is 3. The molecule has 27 heavy (non-hydrogen) atoms. The van der Waals surface area contributed by atoms with Crippen molar-refractivity contribution in [2.45, 2.75) is 44.9 Å². The number of anilines is 1. The van der Waals surface area contributed by atoms with E-state index in [1.165, 1.54) is 25.5 Å². The number of esters is 1. The SMILES string of the molecule is COC(=O)c1cccc(NC(=O)C2(C(=O)NCCC3=CCCCC3)CC2)c1. The average molecular weight is 370 g/mol. The first-order valence-corrected chi connectivity index (χ1v) is 9.51. The molecule has 6 heteroatoms. The predicted molar refractivity (Wildman–Crippen MR) is 102 cm³/mol. The van der Waals surface area contributed by atoms with Gasteiger partial charge in [-0.1, -0.05) is 17.7 Å². The summed E-state index contributed by atoms with van der Waals surface area (Å²) < 4.78 is 4.69. The second kappa shape index (κ2) is 8.37. The molecular formula is C21H26N2O4. The van der Waals surface area contributed by atoms with E-state index in [0.29, 0.717) is 30.6 Å². The Morgan fingerprint density at radius 1 is 1.15 bits per heavy atom. The summed E-state index contributed by atoms with van der Waals surface area (Å²) >= 11 is 0. The maximum atomic E-state index is 12.7. The van der Waals surface area contributed by atoms with Crippen LogP contribution in [0.3, 0.4) is 0 Å². The maximum absolute atomic E-state index is 12.7. The van der Waals surface area contributed by atoms with Crippen molar-refractivity contribution in [3.05, 3.63) is 41.5 Å². The molecule has 144 valence electrons. The molecule has 0 aliphatic heterocycles. The molecule has 0 saturated heterocycles. The minimum absolute atomic E-state index is 0.208. The van der Waals surface area contributed by atoms with Gasteiger partial charge in [0.1, 0.15) is 5.41 Å². The lowest BCUT2D eigenvalue weighted by Crippen LogP contribution is -2.40. The number of ether oxygens (including phenoxy) is 1. The van der Waals surface area contributed by atoms with Crippen LogP contribution in [0.4, 0.5) is 5.69 Å². The third kappa shape index (κ3) is 4.56. The van der Waals surface area contributed by atoms with Crippen LogP contribution in [0.25, 0.3) is 0 Å². The van der Waals surface area contributed by atoms with Crippen molar-refractivity contribution in [3.63, 3.8) is 0 Å². The number of methoxy groups -OCH3 is 1. The molecule has 1 fully saturated rings. The summed E-state index contributed by atoms with van der Waals surface area (Å²) in [4.78, 5) is 36.8. The third-order valence-corrected chi connectivity index (χ3v) is 5.28. The Labute approximate surface area is 159 Å². The first-order valence-electron chi connectivity index (χ1n) is 9.51. The van der Waals surface area contributed by atoms with E-state index in [-0.39, 0.29) is 11.8 Å². The number of nitrogens with one attached hydrogen (secondary N) is 2. The summed E-state index contributed by atoms with van der Waals surface area (Å²) in [7, 11) is 1.31. The monoisotopic (exact) mass is 370 g/mol. The van der Waals surface area contributed by atoms with Crippen molar-refractivity contribution in [1.82, 2.24) is 5.32 Å². The van der Waals surface area contributed by atoms with Gasteiger partial charge in [0.2, 0.25) is 11.8 Å². The van der Waals surface area contributed by atoms with Gasteiger partial charge in [0.05, 0.1) is 12.7 Å². The van der Waals surface area contributed by atoms with Gasteiger partial charge in [-0.3, -0.25) is 9.59 Å². The van der Waals surface area contributed by atoms with E-state index in [4.69, 9.17) is 0 Å². The Kier molecular flexibility index (Phi) is 5.94. The first kappa shape index (κ1) is 19.1. The van der Waals surface area contributed by atoms with Crippen LogP contribution in [0.5, 0.6) is 0 Å². The molecule has 1 aromatic rings. The Hall–Kier alpha value is -2.63. The number of carbonyl (C=O) groups excluding carboxylic acids is 3. The fraction of sp³-hybridized carbons (Fsp3) is 0.476. The molecule has 3 rings (SSSR count). The van der Waals surface area contributed by atoms with Crippen LogP contribution >= 0.6 is 0 Å². The smallest absolute Gasteiger partial charge is 0.337 e. The van der Waals surface area contributed by atoms with Crippen molar-refractivity contribution in [3.8, 4) is 0 Å². The first-order chi connectivity index (χ1) is 13.0. The number of rotatable bonds is 7. The molecule has 0 bridgehead atoms. The van der Waals surface area contributed by atoms with Crippen LogP contribution in [0.1, 0.15) is 55.3 Å². The van der Waals surface area contributed by atoms with Crippen molar-refractivity contribution >= 4 is 23.5 Å². The van der Waals surface area contributed by atoms with Crippen LogP contribution in [-0.4, -0.2) is 31.4 Å². The van der Waals surface area contributed by atoms with Crippen molar-refractivity contribution in [2.24, 2.45) is 5.41 Å². The molecule has 6 nitrogen and oxygen atoms in total. The van der Waals surface area contributed by atoms with E-state index in [1.54, 1.807) is 24.3 Å². The molecule has 1 saturated carbocycles. The molecule has 0 radical (unpaired) electrons. The van der Waals surface area contributed by atoms with Gasteiger partial charge in [-0.05, 0) is 63.1 Å². The maximum Gasteiger partial charge on any atom is 0.337 e. The summed E-state index contributed by atoms with van der Waals surface area (Å²) in [6, 6.07) is 6.52. The van der Waals surface area contributed by atoms with Gasteiger partial charge in [-0.25, -0.2) is 4.79 Å². The number of hydrogen-bond acceptors (Lipinski definition) is 4. The standard InChI is InChI=1S/C21H26N2O4/c1-27-18(24)16-8-5-9-17(14-16)23-20(26)21(11-12-21)19(25)22-13-10-15-6-3-2-4-7-15/h5-6,8-9,14H,2-4,7,10-13H2,1H3,(H,22,25)(H,23,26). The second-order valence-corrected chi connectivity index (χ2v) is 7.22. The van der Waals surface area contributed by atoms with Crippen LogP contribution in [0.15, 0.2) is 35.9 Å². The summed E-state index contributed by atoms with van der Waals surface area (Å²) in [5, 5.41) is 5.69. The van der Waals surface area contributed by atoms with Crippen molar-refractivity contribution in [1.29, 1.82) is 0 Å². The van der Waals surface area contributed by atoms with Crippen LogP contribution < -0.4 is 10.6 Å². The lowest BCUT2D eigenvalue weighted by atomic mass is 9.97. The van der Waals surface area contributed by atoms with Gasteiger partial charge in [0.15, 0.2) is 0 Å². The lowest BCUT2D eigenvalue weighted by Gasteiger charge is -2.17. The third-order valence-electron chi connectivity index (χ3n) is 5.28. The fourth-order valence-electron chi connectivity index (χ4n) is 3.41. The molecule has 0 spiro atoms.